The molecule has 9 heteroatoms. The van der Waals surface area contributed by atoms with Crippen molar-refractivity contribution in [2.75, 3.05) is 5.32 Å². The number of nitrogens with zero attached hydrogens (tertiary/aromatic N) is 2. The van der Waals surface area contributed by atoms with Gasteiger partial charge in [0.25, 0.3) is 0 Å². The Morgan fingerprint density at radius 3 is 1.68 bits per heavy atom. The van der Waals surface area contributed by atoms with Gasteiger partial charge < -0.3 is 24.8 Å². The van der Waals surface area contributed by atoms with E-state index in [2.05, 4.69) is 22.8 Å². The highest BCUT2D eigenvalue weighted by Crippen LogP contribution is 2.34. The second kappa shape index (κ2) is 12.9. The molecule has 4 rings (SSSR count). The normalized spacial score (nSPS) is 16.4. The molecule has 3 aromatic rings. The molecular formula is C32H32N4O5. The fourth-order valence-corrected chi connectivity index (χ4v) is 4.45. The third-order valence-corrected chi connectivity index (χ3v) is 6.40. The molecule has 1 saturated carbocycles. The molecule has 2 amide bonds. The summed E-state index contributed by atoms with van der Waals surface area (Å²) in [7, 11) is 0. The summed E-state index contributed by atoms with van der Waals surface area (Å²) in [5.41, 5.74) is 0.958. The maximum atomic E-state index is 13.2. The van der Waals surface area contributed by atoms with Crippen LogP contribution in [0.2, 0.25) is 0 Å². The van der Waals surface area contributed by atoms with Crippen LogP contribution in [0.5, 0.6) is 23.0 Å². The highest BCUT2D eigenvalue weighted by molar-refractivity contribution is 5.93. The summed E-state index contributed by atoms with van der Waals surface area (Å²) < 4.78 is 17.4. The van der Waals surface area contributed by atoms with Crippen LogP contribution in [0.15, 0.2) is 66.7 Å². The Labute approximate surface area is 239 Å². The number of carbonyl (C=O) groups is 2. The van der Waals surface area contributed by atoms with Crippen LogP contribution in [0.3, 0.4) is 0 Å². The molecule has 0 heterocycles. The van der Waals surface area contributed by atoms with E-state index in [0.717, 1.165) is 0 Å². The average molecular weight is 553 g/mol. The van der Waals surface area contributed by atoms with E-state index in [1.165, 1.54) is 0 Å². The van der Waals surface area contributed by atoms with Gasteiger partial charge in [0.05, 0.1) is 23.3 Å². The smallest absolute Gasteiger partial charge is 0.407 e. The lowest BCUT2D eigenvalue weighted by Gasteiger charge is -2.29. The van der Waals surface area contributed by atoms with Crippen LogP contribution in [-0.2, 0) is 9.53 Å². The zero-order valence-electron chi connectivity index (χ0n) is 23.3. The van der Waals surface area contributed by atoms with Crippen molar-refractivity contribution in [3.8, 4) is 35.1 Å². The highest BCUT2D eigenvalue weighted by atomic mass is 16.6. The molecule has 3 aromatic carbocycles. The minimum Gasteiger partial charge on any atom is -0.457 e. The lowest BCUT2D eigenvalue weighted by molar-refractivity contribution is -0.120. The number of benzene rings is 3. The Morgan fingerprint density at radius 2 is 1.24 bits per heavy atom. The maximum Gasteiger partial charge on any atom is 0.407 e. The van der Waals surface area contributed by atoms with Gasteiger partial charge in [-0.3, -0.25) is 4.79 Å². The molecule has 0 bridgehead atoms. The predicted molar refractivity (Wildman–Crippen MR) is 153 cm³/mol. The summed E-state index contributed by atoms with van der Waals surface area (Å²) >= 11 is 0. The number of nitriles is 2. The standard InChI is InChI=1S/C32H32N4O5/c1-32(2,3)41-31(38)36-24-10-8-23(9-11-24)30(37)35-25-16-28(39-26-12-4-21(19-33)5-13-26)18-29(17-25)40-27-14-6-22(20-34)7-15-27/h4-7,12-18,23-24H,8-11H2,1-3H3,(H,35,37)(H,36,38)/t23-,24+. The van der Waals surface area contributed by atoms with Crippen LogP contribution >= 0.6 is 0 Å². The summed E-state index contributed by atoms with van der Waals surface area (Å²) in [5, 5.41) is 24.0. The van der Waals surface area contributed by atoms with Gasteiger partial charge in [0, 0.05) is 35.8 Å². The van der Waals surface area contributed by atoms with Gasteiger partial charge in [-0.25, -0.2) is 4.79 Å². The van der Waals surface area contributed by atoms with E-state index in [1.54, 1.807) is 66.7 Å². The van der Waals surface area contributed by atoms with Gasteiger partial charge in [0.2, 0.25) is 5.91 Å². The van der Waals surface area contributed by atoms with E-state index in [1.807, 2.05) is 20.8 Å². The first-order valence-corrected chi connectivity index (χ1v) is 13.4. The number of anilines is 1. The summed E-state index contributed by atoms with van der Waals surface area (Å²) in [6.07, 6.45) is 2.16. The molecule has 0 aliphatic heterocycles. The molecule has 9 nitrogen and oxygen atoms in total. The fraction of sp³-hybridized carbons (Fsp3) is 0.312. The number of amides is 2. The highest BCUT2D eigenvalue weighted by Gasteiger charge is 2.28. The van der Waals surface area contributed by atoms with Crippen molar-refractivity contribution < 1.29 is 23.8 Å². The third-order valence-electron chi connectivity index (χ3n) is 6.40. The Hall–Kier alpha value is -5.02. The van der Waals surface area contributed by atoms with E-state index in [0.29, 0.717) is 65.5 Å². The molecule has 0 saturated heterocycles. The predicted octanol–water partition coefficient (Wildman–Crippen LogP) is 7.04. The molecule has 1 aliphatic rings. The molecular weight excluding hydrogens is 520 g/mol. The zero-order valence-corrected chi connectivity index (χ0v) is 23.3. The minimum atomic E-state index is -0.567. The van der Waals surface area contributed by atoms with Crippen LogP contribution in [-0.4, -0.2) is 23.6 Å². The van der Waals surface area contributed by atoms with Crippen molar-refractivity contribution >= 4 is 17.7 Å². The molecule has 0 radical (unpaired) electrons. The van der Waals surface area contributed by atoms with Crippen molar-refractivity contribution in [3.63, 3.8) is 0 Å². The second-order valence-corrected chi connectivity index (χ2v) is 10.9. The molecule has 1 aliphatic carbocycles. The molecule has 0 aromatic heterocycles. The first-order chi connectivity index (χ1) is 19.6. The van der Waals surface area contributed by atoms with E-state index < -0.39 is 11.7 Å². The molecule has 0 atom stereocenters. The molecule has 41 heavy (non-hydrogen) atoms. The summed E-state index contributed by atoms with van der Waals surface area (Å²) in [4.78, 5) is 25.3. The Bertz CT molecular complexity index is 1380. The van der Waals surface area contributed by atoms with Gasteiger partial charge in [-0.2, -0.15) is 10.5 Å². The lowest BCUT2D eigenvalue weighted by atomic mass is 9.85. The number of rotatable bonds is 7. The van der Waals surface area contributed by atoms with E-state index in [4.69, 9.17) is 24.7 Å². The van der Waals surface area contributed by atoms with Gasteiger partial charge in [0.1, 0.15) is 28.6 Å². The summed E-state index contributed by atoms with van der Waals surface area (Å²) in [6, 6.07) is 22.6. The number of hydrogen-bond donors (Lipinski definition) is 2. The molecule has 0 spiro atoms. The van der Waals surface area contributed by atoms with Gasteiger partial charge in [-0.15, -0.1) is 0 Å². The average Bonchev–Trinajstić information content (AvgIpc) is 2.93. The lowest BCUT2D eigenvalue weighted by Crippen LogP contribution is -2.42. The Kier molecular flexibility index (Phi) is 9.11. The Balaban J connectivity index is 1.45. The number of carbonyl (C=O) groups excluding carboxylic acids is 2. The van der Waals surface area contributed by atoms with E-state index >= 15 is 0 Å². The van der Waals surface area contributed by atoms with Gasteiger partial charge >= 0.3 is 6.09 Å². The van der Waals surface area contributed by atoms with Gasteiger partial charge in [-0.05, 0) is 95.0 Å². The zero-order chi connectivity index (χ0) is 29.4. The van der Waals surface area contributed by atoms with Gasteiger partial charge in [-0.1, -0.05) is 0 Å². The van der Waals surface area contributed by atoms with Crippen molar-refractivity contribution in [3.05, 3.63) is 77.9 Å². The van der Waals surface area contributed by atoms with Gasteiger partial charge in [0.15, 0.2) is 0 Å². The quantitative estimate of drug-likeness (QED) is 0.321. The molecule has 2 N–H and O–H groups in total. The maximum absolute atomic E-state index is 13.2. The van der Waals surface area contributed by atoms with E-state index in [-0.39, 0.29) is 17.9 Å². The summed E-state index contributed by atoms with van der Waals surface area (Å²) in [5.74, 6) is 1.57. The summed E-state index contributed by atoms with van der Waals surface area (Å²) in [6.45, 7) is 5.46. The first-order valence-electron chi connectivity index (χ1n) is 13.4. The topological polar surface area (TPSA) is 133 Å². The monoisotopic (exact) mass is 552 g/mol. The minimum absolute atomic E-state index is 0.0366. The SMILES string of the molecule is CC(C)(C)OC(=O)N[C@H]1CC[C@@H](C(=O)Nc2cc(Oc3ccc(C#N)cc3)cc(Oc3ccc(C#N)cc3)c2)CC1. The fourth-order valence-electron chi connectivity index (χ4n) is 4.45. The number of alkyl carbamates (subject to hydrolysis) is 1. The van der Waals surface area contributed by atoms with Crippen LogP contribution in [0.1, 0.15) is 57.6 Å². The van der Waals surface area contributed by atoms with Crippen molar-refractivity contribution in [1.29, 1.82) is 10.5 Å². The first kappa shape index (κ1) is 29.0. The largest absolute Gasteiger partial charge is 0.457 e. The van der Waals surface area contributed by atoms with Crippen LogP contribution in [0.4, 0.5) is 10.5 Å². The third kappa shape index (κ3) is 8.74. The van der Waals surface area contributed by atoms with E-state index in [9.17, 15) is 9.59 Å². The Morgan fingerprint density at radius 1 is 0.756 bits per heavy atom. The van der Waals surface area contributed by atoms with Crippen LogP contribution < -0.4 is 20.1 Å². The number of ether oxygens (including phenoxy) is 3. The number of hydrogen-bond acceptors (Lipinski definition) is 7. The molecule has 210 valence electrons. The number of nitrogens with one attached hydrogen (secondary N) is 2. The van der Waals surface area contributed by atoms with Crippen molar-refractivity contribution in [1.82, 2.24) is 5.32 Å². The van der Waals surface area contributed by atoms with Crippen LogP contribution in [0.25, 0.3) is 0 Å². The van der Waals surface area contributed by atoms with Crippen molar-refractivity contribution in [2.45, 2.75) is 58.1 Å². The molecule has 0 unspecified atom stereocenters. The van der Waals surface area contributed by atoms with Crippen molar-refractivity contribution in [2.24, 2.45) is 5.92 Å². The molecule has 1 fully saturated rings. The second-order valence-electron chi connectivity index (χ2n) is 10.9. The van der Waals surface area contributed by atoms with Crippen LogP contribution in [0, 0.1) is 28.6 Å².